The van der Waals surface area contributed by atoms with Crippen molar-refractivity contribution >= 4 is 51.6 Å². The molecule has 1 aliphatic heterocycles. The van der Waals surface area contributed by atoms with Crippen LogP contribution >= 0.6 is 23.2 Å². The van der Waals surface area contributed by atoms with E-state index in [4.69, 9.17) is 33.3 Å². The molecule has 1 atom stereocenters. The summed E-state index contributed by atoms with van der Waals surface area (Å²) >= 11 is 12.7. The molecule has 198 valence electrons. The summed E-state index contributed by atoms with van der Waals surface area (Å²) in [4.78, 5) is 26.6. The van der Waals surface area contributed by atoms with Gasteiger partial charge in [0.25, 0.3) is 0 Å². The van der Waals surface area contributed by atoms with Crippen molar-refractivity contribution in [2.24, 2.45) is 7.05 Å². The molecule has 38 heavy (non-hydrogen) atoms. The summed E-state index contributed by atoms with van der Waals surface area (Å²) in [5, 5.41) is 12.8. The number of likely N-dealkylation sites (N-methyl/N-ethyl adjacent to an activating group) is 1. The molecule has 1 fully saturated rings. The molecule has 0 aliphatic carbocycles. The van der Waals surface area contributed by atoms with Crippen LogP contribution in [0.1, 0.15) is 0 Å². The highest BCUT2D eigenvalue weighted by molar-refractivity contribution is 6.37. The Bertz CT molecular complexity index is 1580. The third-order valence-electron chi connectivity index (χ3n) is 6.40. The molecule has 1 unspecified atom stereocenters. The molecule has 0 saturated carbocycles. The summed E-state index contributed by atoms with van der Waals surface area (Å²) in [5.74, 6) is 0.311. The number of benzene rings is 2. The fourth-order valence-electron chi connectivity index (χ4n) is 4.58. The first-order chi connectivity index (χ1) is 18.2. The van der Waals surface area contributed by atoms with E-state index in [1.165, 1.54) is 10.8 Å². The number of aromatic nitrogens is 4. The zero-order valence-corrected chi connectivity index (χ0v) is 22.8. The highest BCUT2D eigenvalue weighted by Gasteiger charge is 2.21. The van der Waals surface area contributed by atoms with Gasteiger partial charge in [0.1, 0.15) is 5.49 Å². The van der Waals surface area contributed by atoms with Gasteiger partial charge in [-0.25, -0.2) is 14.3 Å². The van der Waals surface area contributed by atoms with E-state index in [1.807, 2.05) is 26.2 Å². The van der Waals surface area contributed by atoms with Crippen molar-refractivity contribution in [3.63, 3.8) is 0 Å². The van der Waals surface area contributed by atoms with Gasteiger partial charge >= 0.3 is 5.69 Å². The minimum atomic E-state index is -0.496. The maximum Gasteiger partial charge on any atom is 0.335 e. The molecule has 2 aromatic heterocycles. The summed E-state index contributed by atoms with van der Waals surface area (Å²) in [6.07, 6.45) is 1.68. The molecule has 2 N–H and O–H groups in total. The van der Waals surface area contributed by atoms with Crippen molar-refractivity contribution in [3.8, 4) is 5.69 Å². The number of para-hydroxylation sites is 1. The fraction of sp³-hybridized carbons (Fsp3) is 0.308. The number of ether oxygens (including phenoxy) is 1. The van der Waals surface area contributed by atoms with E-state index in [1.54, 1.807) is 25.2 Å². The van der Waals surface area contributed by atoms with Crippen molar-refractivity contribution in [3.05, 3.63) is 74.7 Å². The average molecular weight is 555 g/mol. The predicted octanol–water partition coefficient (Wildman–Crippen LogP) is 3.42. The second-order valence-corrected chi connectivity index (χ2v) is 10.2. The van der Waals surface area contributed by atoms with Gasteiger partial charge in [-0.1, -0.05) is 29.3 Å². The zero-order valence-electron chi connectivity index (χ0n) is 21.3. The van der Waals surface area contributed by atoms with Crippen LogP contribution in [0.15, 0.2) is 53.5 Å². The third kappa shape index (κ3) is 5.12. The van der Waals surface area contributed by atoms with Gasteiger partial charge in [-0.2, -0.15) is 4.98 Å². The lowest BCUT2D eigenvalue weighted by atomic mass is 10.2. The van der Waals surface area contributed by atoms with Gasteiger partial charge in [0.05, 0.1) is 33.8 Å². The molecular formula is C26H28Cl2N8O2. The first-order valence-corrected chi connectivity index (χ1v) is 12.8. The molecule has 0 amide bonds. The highest BCUT2D eigenvalue weighted by Crippen LogP contribution is 2.27. The van der Waals surface area contributed by atoms with Crippen LogP contribution < -0.4 is 21.4 Å². The van der Waals surface area contributed by atoms with E-state index >= 15 is 0 Å². The molecule has 5 rings (SSSR count). The molecule has 0 bridgehead atoms. The van der Waals surface area contributed by atoms with Crippen LogP contribution in [0.4, 0.5) is 17.3 Å². The van der Waals surface area contributed by atoms with Gasteiger partial charge in [0.2, 0.25) is 5.95 Å². The maximum atomic E-state index is 13.2. The number of fused-ring (bicyclic) bond motifs is 1. The van der Waals surface area contributed by atoms with Crippen LogP contribution in [-0.2, 0) is 11.8 Å². The van der Waals surface area contributed by atoms with Crippen molar-refractivity contribution in [1.29, 1.82) is 5.41 Å². The lowest BCUT2D eigenvalue weighted by Gasteiger charge is -2.35. The molecule has 3 heterocycles. The first kappa shape index (κ1) is 26.2. The molecule has 1 saturated heterocycles. The number of rotatable bonds is 6. The molecule has 1 aliphatic rings. The van der Waals surface area contributed by atoms with Crippen LogP contribution in [0.3, 0.4) is 0 Å². The Hall–Kier alpha value is -3.44. The zero-order chi connectivity index (χ0) is 27.0. The number of morpholine rings is 1. The number of halogens is 2. The van der Waals surface area contributed by atoms with E-state index < -0.39 is 5.69 Å². The number of hydrogen-bond acceptors (Lipinski definition) is 8. The molecule has 12 heteroatoms. The standard InChI is InChI=1S/C26H28Cl2N8O2/c1-33(2)14-18-15-35(11-12-38-18)17-9-7-16(8-10-17)31-25-30-13-19-23(29)36(26(37)34(3)24(19)32-25)22-20(27)5-4-6-21(22)28/h4-10,13,18,29H,11-12,14-15H2,1-3H3,(H,30,31,32). The lowest BCUT2D eigenvalue weighted by Crippen LogP contribution is -2.46. The van der Waals surface area contributed by atoms with E-state index in [0.29, 0.717) is 23.6 Å². The molecule has 0 radical (unpaired) electrons. The quantitative estimate of drug-likeness (QED) is 0.376. The smallest absolute Gasteiger partial charge is 0.335 e. The molecule has 0 spiro atoms. The van der Waals surface area contributed by atoms with Gasteiger partial charge in [-0.05, 0) is 50.5 Å². The topological polar surface area (TPSA) is 104 Å². The highest BCUT2D eigenvalue weighted by atomic mass is 35.5. The lowest BCUT2D eigenvalue weighted by molar-refractivity contribution is 0.0248. The van der Waals surface area contributed by atoms with Gasteiger partial charge < -0.3 is 19.9 Å². The summed E-state index contributed by atoms with van der Waals surface area (Å²) < 4.78 is 8.40. The van der Waals surface area contributed by atoms with Crippen molar-refractivity contribution in [1.82, 2.24) is 24.0 Å². The summed E-state index contributed by atoms with van der Waals surface area (Å²) in [6.45, 7) is 3.25. The molecule has 2 aromatic carbocycles. The van der Waals surface area contributed by atoms with E-state index in [2.05, 4.69) is 37.2 Å². The van der Waals surface area contributed by atoms with E-state index in [9.17, 15) is 4.79 Å². The monoisotopic (exact) mass is 554 g/mol. The Kier molecular flexibility index (Phi) is 7.40. The average Bonchev–Trinajstić information content (AvgIpc) is 2.89. The van der Waals surface area contributed by atoms with Gasteiger partial charge in [-0.15, -0.1) is 0 Å². The number of nitrogens with zero attached hydrogens (tertiary/aromatic N) is 6. The number of anilines is 3. The summed E-state index contributed by atoms with van der Waals surface area (Å²) in [7, 11) is 5.68. The second-order valence-electron chi connectivity index (χ2n) is 9.40. The Balaban J connectivity index is 1.41. The molecular weight excluding hydrogens is 527 g/mol. The summed E-state index contributed by atoms with van der Waals surface area (Å²) in [5.41, 5.74) is 1.88. The molecule has 4 aromatic rings. The molecule has 10 nitrogen and oxygen atoms in total. The second kappa shape index (κ2) is 10.7. The van der Waals surface area contributed by atoms with Crippen LogP contribution in [0.2, 0.25) is 10.0 Å². The first-order valence-electron chi connectivity index (χ1n) is 12.1. The SMILES string of the molecule is CN(C)CC1CN(c2ccc(Nc3ncc4c(=N)n(-c5c(Cl)cccc5Cl)c(=O)n(C)c4n3)cc2)CCO1. The van der Waals surface area contributed by atoms with Crippen LogP contribution in [0.25, 0.3) is 16.7 Å². The predicted molar refractivity (Wildman–Crippen MR) is 150 cm³/mol. The minimum absolute atomic E-state index is 0.105. The van der Waals surface area contributed by atoms with Gasteiger partial charge in [-0.3, -0.25) is 9.98 Å². The van der Waals surface area contributed by atoms with Crippen molar-refractivity contribution in [2.75, 3.05) is 50.6 Å². The third-order valence-corrected chi connectivity index (χ3v) is 7.01. The largest absolute Gasteiger partial charge is 0.373 e. The van der Waals surface area contributed by atoms with Crippen LogP contribution in [-0.4, -0.2) is 70.4 Å². The summed E-state index contributed by atoms with van der Waals surface area (Å²) in [6, 6.07) is 13.0. The van der Waals surface area contributed by atoms with Crippen LogP contribution in [0, 0.1) is 5.41 Å². The minimum Gasteiger partial charge on any atom is -0.373 e. The van der Waals surface area contributed by atoms with E-state index in [0.717, 1.165) is 35.6 Å². The van der Waals surface area contributed by atoms with Crippen molar-refractivity contribution in [2.45, 2.75) is 6.10 Å². The van der Waals surface area contributed by atoms with E-state index in [-0.39, 0.29) is 27.3 Å². The number of aryl methyl sites for hydroxylation is 1. The maximum absolute atomic E-state index is 13.2. The Morgan fingerprint density at radius 3 is 2.55 bits per heavy atom. The fourth-order valence-corrected chi connectivity index (χ4v) is 5.15. The van der Waals surface area contributed by atoms with Crippen LogP contribution in [0.5, 0.6) is 0 Å². The van der Waals surface area contributed by atoms with Gasteiger partial charge in [0.15, 0.2) is 5.65 Å². The van der Waals surface area contributed by atoms with Gasteiger partial charge in [0, 0.05) is 44.3 Å². The number of nitrogens with one attached hydrogen (secondary N) is 2. The van der Waals surface area contributed by atoms with Crippen molar-refractivity contribution < 1.29 is 4.74 Å². The normalized spacial score (nSPS) is 15.8. The Morgan fingerprint density at radius 1 is 1.16 bits per heavy atom. The Labute approximate surface area is 229 Å². The number of hydrogen-bond donors (Lipinski definition) is 2. The Morgan fingerprint density at radius 2 is 1.87 bits per heavy atom.